The minimum atomic E-state index is -0.271. The second kappa shape index (κ2) is 12.6. The Kier molecular flexibility index (Phi) is 8.43. The number of ether oxygens (including phenoxy) is 1. The van der Waals surface area contributed by atoms with Crippen LogP contribution in [-0.2, 0) is 17.8 Å². The Morgan fingerprint density at radius 2 is 1.95 bits per heavy atom. The second-order valence-corrected chi connectivity index (χ2v) is 11.7. The van der Waals surface area contributed by atoms with Crippen molar-refractivity contribution < 1.29 is 13.9 Å². The molecular formula is C33H38FN7O2. The predicted molar refractivity (Wildman–Crippen MR) is 165 cm³/mol. The van der Waals surface area contributed by atoms with E-state index in [4.69, 9.17) is 14.7 Å². The lowest BCUT2D eigenvalue weighted by atomic mass is 10.1. The summed E-state index contributed by atoms with van der Waals surface area (Å²) in [6.07, 6.45) is 5.36. The first-order valence-electron chi connectivity index (χ1n) is 15.2. The molecule has 224 valence electrons. The molecule has 0 N–H and O–H groups in total. The smallest absolute Gasteiger partial charge is 0.318 e. The first kappa shape index (κ1) is 28.9. The maximum Gasteiger partial charge on any atom is 0.318 e. The molecule has 0 spiro atoms. The summed E-state index contributed by atoms with van der Waals surface area (Å²) in [4.78, 5) is 30.9. The maximum atomic E-state index is 15.1. The zero-order chi connectivity index (χ0) is 29.9. The van der Waals surface area contributed by atoms with Gasteiger partial charge in [0, 0.05) is 48.9 Å². The van der Waals surface area contributed by atoms with Crippen LogP contribution in [0.25, 0.3) is 10.8 Å². The van der Waals surface area contributed by atoms with E-state index in [-0.39, 0.29) is 24.2 Å². The van der Waals surface area contributed by atoms with E-state index in [1.165, 1.54) is 12.1 Å². The quantitative estimate of drug-likeness (QED) is 0.381. The van der Waals surface area contributed by atoms with Gasteiger partial charge in [0.1, 0.15) is 18.2 Å². The van der Waals surface area contributed by atoms with Crippen LogP contribution in [0.15, 0.2) is 49.1 Å². The van der Waals surface area contributed by atoms with Gasteiger partial charge < -0.3 is 24.3 Å². The number of amides is 1. The molecule has 3 aliphatic rings. The van der Waals surface area contributed by atoms with E-state index in [2.05, 4.69) is 34.4 Å². The molecule has 2 aromatic carbocycles. The molecular weight excluding hydrogens is 545 g/mol. The van der Waals surface area contributed by atoms with Crippen molar-refractivity contribution in [3.8, 4) is 12.1 Å². The number of nitriles is 1. The van der Waals surface area contributed by atoms with Crippen LogP contribution in [0.3, 0.4) is 0 Å². The van der Waals surface area contributed by atoms with E-state index in [9.17, 15) is 10.1 Å². The highest BCUT2D eigenvalue weighted by molar-refractivity contribution is 5.95. The van der Waals surface area contributed by atoms with Gasteiger partial charge in [0.2, 0.25) is 5.91 Å². The number of aromatic nitrogens is 2. The number of likely N-dealkylation sites (N-methyl/N-ethyl adjacent to an activating group) is 1. The number of hydrogen-bond acceptors (Lipinski definition) is 8. The van der Waals surface area contributed by atoms with Crippen molar-refractivity contribution in [3.05, 3.63) is 66.1 Å². The molecule has 2 fully saturated rings. The average molecular weight is 584 g/mol. The molecule has 6 rings (SSSR count). The van der Waals surface area contributed by atoms with Crippen molar-refractivity contribution in [3.63, 3.8) is 0 Å². The molecule has 0 bridgehead atoms. The SMILES string of the molecule is C=CC(=O)N1CCN(c2nc(OC[C@@H]3CCCN3C)nc3c2CCCN(c2cccc4cccc(F)c24)C3)CC1CC#N. The van der Waals surface area contributed by atoms with Crippen LogP contribution < -0.4 is 14.5 Å². The number of carbonyl (C=O) groups excluding carboxylic acids is 1. The summed E-state index contributed by atoms with van der Waals surface area (Å²) in [6.45, 7) is 7.97. The molecule has 0 radical (unpaired) electrons. The molecule has 1 aromatic heterocycles. The third-order valence-corrected chi connectivity index (χ3v) is 9.06. The fourth-order valence-corrected chi connectivity index (χ4v) is 6.76. The summed E-state index contributed by atoms with van der Waals surface area (Å²) >= 11 is 0. The molecule has 2 atom stereocenters. The lowest BCUT2D eigenvalue weighted by Gasteiger charge is -2.41. The highest BCUT2D eigenvalue weighted by Gasteiger charge is 2.33. The second-order valence-electron chi connectivity index (χ2n) is 11.7. The number of fused-ring (bicyclic) bond motifs is 2. The van der Waals surface area contributed by atoms with Gasteiger partial charge in [0.25, 0.3) is 0 Å². The summed E-state index contributed by atoms with van der Waals surface area (Å²) in [6, 6.07) is 13.7. The fourth-order valence-electron chi connectivity index (χ4n) is 6.76. The van der Waals surface area contributed by atoms with E-state index in [0.717, 1.165) is 66.9 Å². The zero-order valence-corrected chi connectivity index (χ0v) is 24.7. The van der Waals surface area contributed by atoms with Crippen molar-refractivity contribution in [2.75, 3.05) is 56.2 Å². The Bertz CT molecular complexity index is 1550. The van der Waals surface area contributed by atoms with E-state index >= 15 is 4.39 Å². The van der Waals surface area contributed by atoms with Gasteiger partial charge in [-0.2, -0.15) is 15.2 Å². The number of rotatable bonds is 7. The van der Waals surface area contributed by atoms with Crippen molar-refractivity contribution in [2.24, 2.45) is 0 Å². The minimum Gasteiger partial charge on any atom is -0.462 e. The number of hydrogen-bond donors (Lipinski definition) is 0. The number of halogens is 1. The molecule has 4 heterocycles. The van der Waals surface area contributed by atoms with E-state index in [1.807, 2.05) is 24.3 Å². The molecule has 3 aliphatic heterocycles. The van der Waals surface area contributed by atoms with Gasteiger partial charge in [-0.3, -0.25) is 4.79 Å². The predicted octanol–water partition coefficient (Wildman–Crippen LogP) is 4.31. The molecule has 0 aliphatic carbocycles. The van der Waals surface area contributed by atoms with E-state index in [1.54, 1.807) is 11.0 Å². The van der Waals surface area contributed by atoms with Gasteiger partial charge in [-0.1, -0.05) is 30.8 Å². The Morgan fingerprint density at radius 3 is 2.72 bits per heavy atom. The van der Waals surface area contributed by atoms with Gasteiger partial charge in [-0.15, -0.1) is 0 Å². The van der Waals surface area contributed by atoms with Crippen molar-refractivity contribution in [2.45, 2.75) is 50.7 Å². The molecule has 3 aromatic rings. The summed E-state index contributed by atoms with van der Waals surface area (Å²) in [5, 5.41) is 11.0. The average Bonchev–Trinajstić information content (AvgIpc) is 3.31. The largest absolute Gasteiger partial charge is 0.462 e. The standard InChI is InChI=1S/C33H38FN7O2/c1-3-30(42)41-19-18-40(20-24(41)14-15-35)32-26-11-7-17-39(29-13-5-9-23-8-4-12-27(34)31(23)29)21-28(26)36-33(37-32)43-22-25-10-6-16-38(25)2/h3-5,8-9,12-13,24-25H,1,6-7,10-11,14,16-22H2,2H3/t24?,25-/m0/s1. The van der Waals surface area contributed by atoms with Crippen LogP contribution in [0, 0.1) is 17.1 Å². The Labute approximate surface area is 252 Å². The summed E-state index contributed by atoms with van der Waals surface area (Å²) in [5.74, 6) is 0.407. The summed E-state index contributed by atoms with van der Waals surface area (Å²) in [5.41, 5.74) is 2.77. The van der Waals surface area contributed by atoms with Gasteiger partial charge in [0.15, 0.2) is 0 Å². The van der Waals surface area contributed by atoms with Gasteiger partial charge >= 0.3 is 6.01 Å². The van der Waals surface area contributed by atoms with Gasteiger partial charge in [-0.25, -0.2) is 4.39 Å². The number of benzene rings is 2. The first-order chi connectivity index (χ1) is 21.0. The fraction of sp³-hybridized carbons (Fsp3) is 0.455. The van der Waals surface area contributed by atoms with Crippen LogP contribution in [0.2, 0.25) is 0 Å². The minimum absolute atomic E-state index is 0.163. The monoisotopic (exact) mass is 583 g/mol. The van der Waals surface area contributed by atoms with Gasteiger partial charge in [-0.05, 0) is 62.9 Å². The Balaban J connectivity index is 1.36. The Hall–Kier alpha value is -4.23. The van der Waals surface area contributed by atoms with E-state index < -0.39 is 0 Å². The first-order valence-corrected chi connectivity index (χ1v) is 15.2. The third-order valence-electron chi connectivity index (χ3n) is 9.06. The number of nitrogens with zero attached hydrogens (tertiary/aromatic N) is 7. The van der Waals surface area contributed by atoms with Gasteiger partial charge in [0.05, 0.1) is 30.8 Å². The van der Waals surface area contributed by atoms with Crippen LogP contribution in [0.1, 0.15) is 36.9 Å². The lowest BCUT2D eigenvalue weighted by Crippen LogP contribution is -2.55. The number of anilines is 2. The molecule has 2 saturated heterocycles. The zero-order valence-electron chi connectivity index (χ0n) is 24.7. The molecule has 43 heavy (non-hydrogen) atoms. The third kappa shape index (κ3) is 5.87. The highest BCUT2D eigenvalue weighted by atomic mass is 19.1. The maximum absolute atomic E-state index is 15.1. The topological polar surface area (TPSA) is 88.8 Å². The number of likely N-dealkylation sites (tertiary alicyclic amines) is 1. The lowest BCUT2D eigenvalue weighted by molar-refractivity contribution is -0.128. The number of piperazine rings is 1. The van der Waals surface area contributed by atoms with Crippen LogP contribution in [0.5, 0.6) is 6.01 Å². The molecule has 10 heteroatoms. The summed E-state index contributed by atoms with van der Waals surface area (Å²) in [7, 11) is 2.12. The molecule has 9 nitrogen and oxygen atoms in total. The normalized spacial score (nSPS) is 20.9. The van der Waals surface area contributed by atoms with Crippen molar-refractivity contribution in [1.29, 1.82) is 5.26 Å². The van der Waals surface area contributed by atoms with Crippen LogP contribution in [-0.4, -0.2) is 84.1 Å². The van der Waals surface area contributed by atoms with Crippen LogP contribution >= 0.6 is 0 Å². The molecule has 0 saturated carbocycles. The Morgan fingerprint density at radius 1 is 1.12 bits per heavy atom. The molecule has 1 unspecified atom stereocenters. The molecule has 1 amide bonds. The van der Waals surface area contributed by atoms with Crippen molar-refractivity contribution in [1.82, 2.24) is 19.8 Å². The highest BCUT2D eigenvalue weighted by Crippen LogP contribution is 2.35. The van der Waals surface area contributed by atoms with Crippen molar-refractivity contribution >= 4 is 28.2 Å². The van der Waals surface area contributed by atoms with Crippen LogP contribution in [0.4, 0.5) is 15.9 Å². The van der Waals surface area contributed by atoms with E-state index in [0.29, 0.717) is 50.2 Å². The number of carbonyl (C=O) groups is 1. The summed E-state index contributed by atoms with van der Waals surface area (Å²) < 4.78 is 21.4.